The smallest absolute Gasteiger partial charge is 0.268 e. The Bertz CT molecular complexity index is 1170. The van der Waals surface area contributed by atoms with Crippen LogP contribution in [0, 0.1) is 0 Å². The fourth-order valence-corrected chi connectivity index (χ4v) is 6.20. The number of hydrogen-bond donors (Lipinski definition) is 1. The van der Waals surface area contributed by atoms with Crippen molar-refractivity contribution in [2.75, 3.05) is 32.9 Å². The van der Waals surface area contributed by atoms with Gasteiger partial charge in [0.15, 0.2) is 5.79 Å². The van der Waals surface area contributed by atoms with Gasteiger partial charge in [0.2, 0.25) is 0 Å². The molecule has 1 N–H and O–H groups in total. The molecule has 1 aromatic heterocycles. The van der Waals surface area contributed by atoms with Crippen molar-refractivity contribution in [3.8, 4) is 0 Å². The molecule has 31 heavy (non-hydrogen) atoms. The first kappa shape index (κ1) is 20.7. The number of ether oxygens (including phenoxy) is 2. The number of β-amino-alcohol motifs (C(OH)–C–C–N with tert-alkyl or cyclic N) is 1. The highest BCUT2D eigenvalue weighted by Crippen LogP contribution is 2.43. The second kappa shape index (κ2) is 8.03. The summed E-state index contributed by atoms with van der Waals surface area (Å²) in [5.74, 6) is -0.641. The number of piperidine rings is 1. The molecular formula is C23H26N2O5S. The molecule has 7 nitrogen and oxygen atoms in total. The van der Waals surface area contributed by atoms with Crippen LogP contribution in [0.25, 0.3) is 10.9 Å². The first-order chi connectivity index (χ1) is 15.0. The van der Waals surface area contributed by atoms with Gasteiger partial charge in [-0.15, -0.1) is 0 Å². The molecule has 2 saturated heterocycles. The summed E-state index contributed by atoms with van der Waals surface area (Å²) in [6, 6.07) is 15.9. The molecule has 3 heterocycles. The van der Waals surface area contributed by atoms with Gasteiger partial charge in [-0.3, -0.25) is 4.90 Å². The zero-order valence-corrected chi connectivity index (χ0v) is 18.0. The van der Waals surface area contributed by atoms with Crippen molar-refractivity contribution in [3.05, 3.63) is 66.4 Å². The van der Waals surface area contributed by atoms with Gasteiger partial charge in [-0.25, -0.2) is 12.4 Å². The minimum atomic E-state index is -3.75. The summed E-state index contributed by atoms with van der Waals surface area (Å²) in [5, 5.41) is 10.5. The van der Waals surface area contributed by atoms with Gasteiger partial charge in [0.25, 0.3) is 10.0 Å². The second-order valence-electron chi connectivity index (χ2n) is 8.05. The topological polar surface area (TPSA) is 81.0 Å². The standard InChI is InChI=1S/C23H26N2O5S/c26-13-12-24-11-10-23(29-14-15-30-23)16-22(24)20-17-25(21-9-5-4-8-19(20)21)31(27,28)18-6-2-1-3-7-18/h1-9,17,22,26H,10-16H2. The van der Waals surface area contributed by atoms with Crippen molar-refractivity contribution in [2.24, 2.45) is 0 Å². The van der Waals surface area contributed by atoms with Crippen LogP contribution in [-0.2, 0) is 19.5 Å². The molecule has 0 bridgehead atoms. The Morgan fingerprint density at radius 2 is 1.74 bits per heavy atom. The number of aromatic nitrogens is 1. The van der Waals surface area contributed by atoms with Gasteiger partial charge in [0, 0.05) is 43.6 Å². The molecule has 0 aliphatic carbocycles. The van der Waals surface area contributed by atoms with E-state index in [0.29, 0.717) is 38.2 Å². The average Bonchev–Trinajstić information content (AvgIpc) is 3.41. The van der Waals surface area contributed by atoms with E-state index in [-0.39, 0.29) is 17.5 Å². The summed E-state index contributed by atoms with van der Waals surface area (Å²) < 4.78 is 40.3. The molecule has 2 aliphatic rings. The van der Waals surface area contributed by atoms with Crippen LogP contribution in [0.15, 0.2) is 65.7 Å². The maximum absolute atomic E-state index is 13.5. The van der Waals surface area contributed by atoms with E-state index in [0.717, 1.165) is 17.4 Å². The first-order valence-electron chi connectivity index (χ1n) is 10.6. The average molecular weight is 443 g/mol. The van der Waals surface area contributed by atoms with Gasteiger partial charge in [-0.2, -0.15) is 0 Å². The fraction of sp³-hybridized carbons (Fsp3) is 0.391. The Labute approximate surface area is 181 Å². The lowest BCUT2D eigenvalue weighted by atomic mass is 9.90. The van der Waals surface area contributed by atoms with Crippen LogP contribution in [0.5, 0.6) is 0 Å². The van der Waals surface area contributed by atoms with Crippen molar-refractivity contribution in [1.29, 1.82) is 0 Å². The maximum Gasteiger partial charge on any atom is 0.268 e. The molecule has 2 fully saturated rings. The molecule has 5 rings (SSSR count). The summed E-state index contributed by atoms with van der Waals surface area (Å²) in [5.41, 5.74) is 1.54. The highest BCUT2D eigenvalue weighted by atomic mass is 32.2. The third-order valence-electron chi connectivity index (χ3n) is 6.29. The number of aliphatic hydroxyl groups excluding tert-OH is 1. The lowest BCUT2D eigenvalue weighted by Gasteiger charge is -2.43. The zero-order chi connectivity index (χ0) is 21.5. The third-order valence-corrected chi connectivity index (χ3v) is 7.98. The third kappa shape index (κ3) is 3.58. The van der Waals surface area contributed by atoms with Gasteiger partial charge in [0.05, 0.1) is 30.2 Å². The van der Waals surface area contributed by atoms with Crippen LogP contribution in [-0.4, -0.2) is 61.1 Å². The highest BCUT2D eigenvalue weighted by molar-refractivity contribution is 7.90. The van der Waals surface area contributed by atoms with Crippen LogP contribution in [0.1, 0.15) is 24.4 Å². The zero-order valence-electron chi connectivity index (χ0n) is 17.2. The Hall–Kier alpha value is -2.23. The maximum atomic E-state index is 13.5. The van der Waals surface area contributed by atoms with E-state index in [2.05, 4.69) is 4.90 Å². The fourth-order valence-electron chi connectivity index (χ4n) is 4.80. The van der Waals surface area contributed by atoms with Gasteiger partial charge < -0.3 is 14.6 Å². The summed E-state index contributed by atoms with van der Waals surface area (Å²) >= 11 is 0. The molecule has 0 radical (unpaired) electrons. The van der Waals surface area contributed by atoms with Gasteiger partial charge in [-0.1, -0.05) is 36.4 Å². The summed E-state index contributed by atoms with van der Waals surface area (Å²) in [6.07, 6.45) is 3.05. The lowest BCUT2D eigenvalue weighted by molar-refractivity contribution is -0.198. The largest absolute Gasteiger partial charge is 0.395 e. The number of likely N-dealkylation sites (tertiary alicyclic amines) is 1. The van der Waals surface area contributed by atoms with E-state index < -0.39 is 15.8 Å². The molecule has 0 amide bonds. The molecule has 1 atom stereocenters. The minimum absolute atomic E-state index is 0.0339. The van der Waals surface area contributed by atoms with E-state index >= 15 is 0 Å². The normalized spacial score (nSPS) is 21.8. The number of hydrogen-bond acceptors (Lipinski definition) is 6. The Balaban J connectivity index is 1.64. The molecule has 3 aromatic rings. The number of nitrogens with zero attached hydrogens (tertiary/aromatic N) is 2. The SMILES string of the molecule is O=S(=O)(c1ccccc1)n1cc(C2CC3(CCN2CCO)OCCO3)c2ccccc21. The Morgan fingerprint density at radius 1 is 1.03 bits per heavy atom. The van der Waals surface area contributed by atoms with E-state index in [9.17, 15) is 13.5 Å². The predicted molar refractivity (Wildman–Crippen MR) is 116 cm³/mol. The van der Waals surface area contributed by atoms with Crippen molar-refractivity contribution >= 4 is 20.9 Å². The minimum Gasteiger partial charge on any atom is -0.395 e. The van der Waals surface area contributed by atoms with Crippen molar-refractivity contribution in [2.45, 2.75) is 29.6 Å². The van der Waals surface area contributed by atoms with E-state index in [1.807, 2.05) is 24.3 Å². The molecule has 2 aromatic carbocycles. The second-order valence-corrected chi connectivity index (χ2v) is 9.87. The first-order valence-corrected chi connectivity index (χ1v) is 12.0. The molecule has 1 unspecified atom stereocenters. The molecular weight excluding hydrogens is 416 g/mol. The number of aliphatic hydroxyl groups is 1. The predicted octanol–water partition coefficient (Wildman–Crippen LogP) is 2.75. The van der Waals surface area contributed by atoms with Crippen LogP contribution in [0.2, 0.25) is 0 Å². The summed E-state index contributed by atoms with van der Waals surface area (Å²) in [6.45, 7) is 2.38. The number of rotatable bonds is 5. The van der Waals surface area contributed by atoms with E-state index in [1.54, 1.807) is 36.5 Å². The monoisotopic (exact) mass is 442 g/mol. The van der Waals surface area contributed by atoms with Gasteiger partial charge >= 0.3 is 0 Å². The van der Waals surface area contributed by atoms with E-state index in [4.69, 9.17) is 9.47 Å². The van der Waals surface area contributed by atoms with Crippen LogP contribution in [0.4, 0.5) is 0 Å². The van der Waals surface area contributed by atoms with Crippen LogP contribution >= 0.6 is 0 Å². The molecule has 0 saturated carbocycles. The van der Waals surface area contributed by atoms with Crippen molar-refractivity contribution < 1.29 is 23.0 Å². The lowest BCUT2D eigenvalue weighted by Crippen LogP contribution is -2.47. The van der Waals surface area contributed by atoms with Crippen LogP contribution in [0.3, 0.4) is 0 Å². The number of benzene rings is 2. The Kier molecular flexibility index (Phi) is 5.35. The molecule has 8 heteroatoms. The molecule has 2 aliphatic heterocycles. The summed E-state index contributed by atoms with van der Waals surface area (Å²) in [4.78, 5) is 2.44. The quantitative estimate of drug-likeness (QED) is 0.655. The van der Waals surface area contributed by atoms with Crippen molar-refractivity contribution in [1.82, 2.24) is 8.87 Å². The molecule has 164 valence electrons. The molecule has 1 spiro atoms. The van der Waals surface area contributed by atoms with Gasteiger partial charge in [-0.05, 0) is 23.8 Å². The van der Waals surface area contributed by atoms with Gasteiger partial charge in [0.1, 0.15) is 0 Å². The van der Waals surface area contributed by atoms with Crippen molar-refractivity contribution in [3.63, 3.8) is 0 Å². The van der Waals surface area contributed by atoms with E-state index in [1.165, 1.54) is 3.97 Å². The Morgan fingerprint density at radius 3 is 2.48 bits per heavy atom. The number of fused-ring (bicyclic) bond motifs is 1. The number of para-hydroxylation sites is 1. The highest BCUT2D eigenvalue weighted by Gasteiger charge is 2.45. The van der Waals surface area contributed by atoms with Crippen LogP contribution < -0.4 is 0 Å². The summed E-state index contributed by atoms with van der Waals surface area (Å²) in [7, 11) is -3.75.